The Hall–Kier alpha value is -3.21. The lowest BCUT2D eigenvalue weighted by molar-refractivity contribution is 0.251. The molecule has 0 radical (unpaired) electrons. The second kappa shape index (κ2) is 8.65. The molecule has 0 bridgehead atoms. The summed E-state index contributed by atoms with van der Waals surface area (Å²) >= 11 is 0. The first kappa shape index (κ1) is 19.5. The lowest BCUT2D eigenvalue weighted by atomic mass is 10.2. The van der Waals surface area contributed by atoms with Gasteiger partial charge in [0.05, 0.1) is 6.61 Å². The maximum Gasteiger partial charge on any atom is 0.319 e. The number of aryl methyl sites for hydroxylation is 2. The van der Waals surface area contributed by atoms with Crippen molar-refractivity contribution in [3.63, 3.8) is 0 Å². The van der Waals surface area contributed by atoms with Crippen LogP contribution in [0.5, 0.6) is 5.75 Å². The SMILES string of the molecule is CCOc1ccc(NC(=O)NCc2cc(C)n(-c3ccc(C)cc3)c2C)cc1. The number of carbonyl (C=O) groups is 1. The summed E-state index contributed by atoms with van der Waals surface area (Å²) in [5.74, 6) is 0.789. The van der Waals surface area contributed by atoms with Gasteiger partial charge in [-0.05, 0) is 75.7 Å². The molecule has 3 aromatic rings. The number of benzene rings is 2. The van der Waals surface area contributed by atoms with Crippen molar-refractivity contribution in [2.45, 2.75) is 34.2 Å². The molecule has 0 aliphatic carbocycles. The standard InChI is InChI=1S/C23H27N3O2/c1-5-28-22-12-8-20(9-13-22)25-23(27)24-15-19-14-17(3)26(18(19)4)21-10-6-16(2)7-11-21/h6-14H,5,15H2,1-4H3,(H2,24,25,27). The average molecular weight is 377 g/mol. The van der Waals surface area contributed by atoms with E-state index in [-0.39, 0.29) is 6.03 Å². The molecule has 0 saturated heterocycles. The third kappa shape index (κ3) is 4.55. The predicted molar refractivity (Wildman–Crippen MR) is 113 cm³/mol. The molecule has 2 N–H and O–H groups in total. The van der Waals surface area contributed by atoms with E-state index in [1.54, 1.807) is 0 Å². The largest absolute Gasteiger partial charge is 0.494 e. The van der Waals surface area contributed by atoms with Gasteiger partial charge in [-0.1, -0.05) is 17.7 Å². The number of ether oxygens (including phenoxy) is 1. The van der Waals surface area contributed by atoms with Crippen LogP contribution >= 0.6 is 0 Å². The third-order valence-electron chi connectivity index (χ3n) is 4.69. The second-order valence-corrected chi connectivity index (χ2v) is 6.83. The quantitative estimate of drug-likeness (QED) is 0.626. The minimum absolute atomic E-state index is 0.232. The Morgan fingerprint density at radius 1 is 1.00 bits per heavy atom. The molecule has 1 heterocycles. The summed E-state index contributed by atoms with van der Waals surface area (Å²) in [4.78, 5) is 12.2. The van der Waals surface area contributed by atoms with Crippen molar-refractivity contribution in [2.75, 3.05) is 11.9 Å². The molecule has 28 heavy (non-hydrogen) atoms. The van der Waals surface area contributed by atoms with E-state index in [9.17, 15) is 4.79 Å². The van der Waals surface area contributed by atoms with Crippen molar-refractivity contribution in [1.82, 2.24) is 9.88 Å². The fourth-order valence-electron chi connectivity index (χ4n) is 3.25. The van der Waals surface area contributed by atoms with Crippen LogP contribution in [0.3, 0.4) is 0 Å². The molecular weight excluding hydrogens is 350 g/mol. The monoisotopic (exact) mass is 377 g/mol. The number of nitrogens with one attached hydrogen (secondary N) is 2. The Labute approximate surface area is 166 Å². The zero-order chi connectivity index (χ0) is 20.1. The molecule has 0 atom stereocenters. The Bertz CT molecular complexity index is 941. The summed E-state index contributed by atoms with van der Waals surface area (Å²) in [5.41, 5.74) is 6.46. The second-order valence-electron chi connectivity index (χ2n) is 6.83. The number of aromatic nitrogens is 1. The van der Waals surface area contributed by atoms with Gasteiger partial charge in [0.1, 0.15) is 5.75 Å². The van der Waals surface area contributed by atoms with Gasteiger partial charge in [0.15, 0.2) is 0 Å². The summed E-state index contributed by atoms with van der Waals surface area (Å²) < 4.78 is 7.62. The highest BCUT2D eigenvalue weighted by Crippen LogP contribution is 2.21. The van der Waals surface area contributed by atoms with Crippen LogP contribution < -0.4 is 15.4 Å². The first-order chi connectivity index (χ1) is 13.5. The van der Waals surface area contributed by atoms with E-state index in [0.717, 1.165) is 34.1 Å². The van der Waals surface area contributed by atoms with E-state index < -0.39 is 0 Å². The third-order valence-corrected chi connectivity index (χ3v) is 4.69. The Morgan fingerprint density at radius 3 is 2.32 bits per heavy atom. The minimum Gasteiger partial charge on any atom is -0.494 e. The number of urea groups is 1. The van der Waals surface area contributed by atoms with Gasteiger partial charge in [-0.2, -0.15) is 0 Å². The topological polar surface area (TPSA) is 55.3 Å². The maximum absolute atomic E-state index is 12.2. The van der Waals surface area contributed by atoms with E-state index in [0.29, 0.717) is 13.2 Å². The summed E-state index contributed by atoms with van der Waals surface area (Å²) in [7, 11) is 0. The van der Waals surface area contributed by atoms with E-state index in [1.165, 1.54) is 5.56 Å². The first-order valence-electron chi connectivity index (χ1n) is 9.50. The minimum atomic E-state index is -0.232. The molecule has 146 valence electrons. The molecule has 0 aliphatic rings. The molecule has 5 nitrogen and oxygen atoms in total. The Balaban J connectivity index is 1.63. The predicted octanol–water partition coefficient (Wildman–Crippen LogP) is 5.12. The van der Waals surface area contributed by atoms with Crippen LogP contribution in [0, 0.1) is 20.8 Å². The average Bonchev–Trinajstić information content (AvgIpc) is 2.96. The van der Waals surface area contributed by atoms with Crippen LogP contribution in [-0.2, 0) is 6.54 Å². The number of nitrogens with zero attached hydrogens (tertiary/aromatic N) is 1. The molecular formula is C23H27N3O2. The molecule has 0 unspecified atom stereocenters. The fourth-order valence-corrected chi connectivity index (χ4v) is 3.25. The van der Waals surface area contributed by atoms with Crippen molar-refractivity contribution in [2.24, 2.45) is 0 Å². The van der Waals surface area contributed by atoms with Crippen molar-refractivity contribution in [3.05, 3.63) is 77.1 Å². The van der Waals surface area contributed by atoms with Gasteiger partial charge in [0.2, 0.25) is 0 Å². The molecule has 5 heteroatoms. The van der Waals surface area contributed by atoms with Crippen LogP contribution in [0.4, 0.5) is 10.5 Å². The summed E-state index contributed by atoms with van der Waals surface area (Å²) in [6.07, 6.45) is 0. The Morgan fingerprint density at radius 2 is 1.68 bits per heavy atom. The van der Waals surface area contributed by atoms with E-state index in [4.69, 9.17) is 4.74 Å². The highest BCUT2D eigenvalue weighted by Gasteiger charge is 2.11. The van der Waals surface area contributed by atoms with Crippen molar-refractivity contribution in [3.8, 4) is 11.4 Å². The van der Waals surface area contributed by atoms with Gasteiger partial charge in [0.25, 0.3) is 0 Å². The Kier molecular flexibility index (Phi) is 6.04. The lowest BCUT2D eigenvalue weighted by Crippen LogP contribution is -2.28. The van der Waals surface area contributed by atoms with Gasteiger partial charge >= 0.3 is 6.03 Å². The highest BCUT2D eigenvalue weighted by molar-refractivity contribution is 5.89. The molecule has 0 spiro atoms. The van der Waals surface area contributed by atoms with Gasteiger partial charge in [-0.3, -0.25) is 0 Å². The number of hydrogen-bond acceptors (Lipinski definition) is 2. The van der Waals surface area contributed by atoms with E-state index in [2.05, 4.69) is 66.3 Å². The zero-order valence-electron chi connectivity index (χ0n) is 16.9. The van der Waals surface area contributed by atoms with Crippen LogP contribution in [0.15, 0.2) is 54.6 Å². The number of hydrogen-bond donors (Lipinski definition) is 2. The summed E-state index contributed by atoms with van der Waals surface area (Å²) in [6, 6.07) is 17.7. The summed E-state index contributed by atoms with van der Waals surface area (Å²) in [6.45, 7) is 9.26. The van der Waals surface area contributed by atoms with E-state index >= 15 is 0 Å². The smallest absolute Gasteiger partial charge is 0.319 e. The van der Waals surface area contributed by atoms with E-state index in [1.807, 2.05) is 31.2 Å². The molecule has 0 aliphatic heterocycles. The summed E-state index contributed by atoms with van der Waals surface area (Å²) in [5, 5.41) is 5.78. The molecule has 2 amide bonds. The molecule has 2 aromatic carbocycles. The number of anilines is 1. The molecule has 0 saturated carbocycles. The first-order valence-corrected chi connectivity index (χ1v) is 9.50. The van der Waals surface area contributed by atoms with Crippen molar-refractivity contribution in [1.29, 1.82) is 0 Å². The van der Waals surface area contributed by atoms with Crippen molar-refractivity contribution < 1.29 is 9.53 Å². The highest BCUT2D eigenvalue weighted by atomic mass is 16.5. The number of carbonyl (C=O) groups excluding carboxylic acids is 1. The fraction of sp³-hybridized carbons (Fsp3) is 0.261. The van der Waals surface area contributed by atoms with Crippen LogP contribution in [0.25, 0.3) is 5.69 Å². The van der Waals surface area contributed by atoms with Gasteiger partial charge < -0.3 is 19.9 Å². The molecule has 3 rings (SSSR count). The number of amides is 2. The van der Waals surface area contributed by atoms with Gasteiger partial charge in [-0.15, -0.1) is 0 Å². The molecule has 0 fully saturated rings. The zero-order valence-corrected chi connectivity index (χ0v) is 16.9. The van der Waals surface area contributed by atoms with Gasteiger partial charge in [0, 0.05) is 29.3 Å². The lowest BCUT2D eigenvalue weighted by Gasteiger charge is -2.11. The van der Waals surface area contributed by atoms with Crippen LogP contribution in [0.2, 0.25) is 0 Å². The van der Waals surface area contributed by atoms with Crippen molar-refractivity contribution >= 4 is 11.7 Å². The maximum atomic E-state index is 12.2. The van der Waals surface area contributed by atoms with Crippen LogP contribution in [0.1, 0.15) is 29.4 Å². The van der Waals surface area contributed by atoms with Gasteiger partial charge in [-0.25, -0.2) is 4.79 Å². The molecule has 1 aromatic heterocycles. The van der Waals surface area contributed by atoms with Crippen LogP contribution in [-0.4, -0.2) is 17.2 Å². The normalized spacial score (nSPS) is 10.6. The number of rotatable bonds is 6.